The maximum Gasteiger partial charge on any atom is 0.140 e. The van der Waals surface area contributed by atoms with Crippen molar-refractivity contribution < 1.29 is 13.9 Å². The molecule has 0 aliphatic carbocycles. The van der Waals surface area contributed by atoms with Crippen molar-refractivity contribution in [2.45, 2.75) is 25.4 Å². The molecule has 0 radical (unpaired) electrons. The van der Waals surface area contributed by atoms with E-state index in [-0.39, 0.29) is 6.61 Å². The van der Waals surface area contributed by atoms with Crippen LogP contribution in [0, 0.1) is 0 Å². The van der Waals surface area contributed by atoms with E-state index in [4.69, 9.17) is 9.47 Å². The number of ether oxygens (including phenoxy) is 2. The minimum atomic E-state index is -0.983. The Morgan fingerprint density at radius 1 is 1.19 bits per heavy atom. The Morgan fingerprint density at radius 3 is 2.85 bits per heavy atom. The van der Waals surface area contributed by atoms with E-state index in [1.807, 2.05) is 36.4 Å². The van der Waals surface area contributed by atoms with Crippen LogP contribution in [0.5, 0.6) is 5.75 Å². The minimum absolute atomic E-state index is 0.265. The number of fused-ring (bicyclic) bond motifs is 1. The highest BCUT2D eigenvalue weighted by Gasteiger charge is 2.33. The van der Waals surface area contributed by atoms with Gasteiger partial charge in [-0.2, -0.15) is 0 Å². The fraction of sp³-hybridized carbons (Fsp3) is 0.350. The maximum atomic E-state index is 14.3. The first-order valence-electron chi connectivity index (χ1n) is 8.76. The Kier molecular flexibility index (Phi) is 4.86. The molecule has 1 aromatic heterocycles. The highest BCUT2D eigenvalue weighted by atomic mass is 19.1. The zero-order valence-corrected chi connectivity index (χ0v) is 14.7. The number of nitrogens with zero attached hydrogens (tertiary/aromatic N) is 2. The number of nitrogens with one attached hydrogen (secondary N) is 1. The van der Waals surface area contributed by atoms with Gasteiger partial charge < -0.3 is 14.5 Å². The van der Waals surface area contributed by atoms with Crippen LogP contribution >= 0.6 is 0 Å². The molecule has 2 unspecified atom stereocenters. The summed E-state index contributed by atoms with van der Waals surface area (Å²) in [7, 11) is 1.63. The molecule has 2 heterocycles. The third kappa shape index (κ3) is 3.71. The second-order valence-electron chi connectivity index (χ2n) is 6.61. The van der Waals surface area contributed by atoms with E-state index < -0.39 is 12.3 Å². The lowest BCUT2D eigenvalue weighted by atomic mass is 10.2. The molecular weight excluding hydrogens is 333 g/mol. The summed E-state index contributed by atoms with van der Waals surface area (Å²) in [6, 6.07) is 15.8. The number of rotatable bonds is 6. The molecule has 5 nitrogen and oxygen atoms in total. The molecule has 136 valence electrons. The zero-order chi connectivity index (χ0) is 17.9. The number of hydrogen-bond acceptors (Lipinski definition) is 4. The van der Waals surface area contributed by atoms with Crippen molar-refractivity contribution in [3.63, 3.8) is 0 Å². The van der Waals surface area contributed by atoms with Gasteiger partial charge in [-0.15, -0.1) is 0 Å². The summed E-state index contributed by atoms with van der Waals surface area (Å²) in [4.78, 5) is 9.79. The Balaban J connectivity index is 1.35. The lowest BCUT2D eigenvalue weighted by Crippen LogP contribution is -2.24. The highest BCUT2D eigenvalue weighted by molar-refractivity contribution is 5.76. The van der Waals surface area contributed by atoms with Crippen LogP contribution in [0.1, 0.15) is 11.4 Å². The summed E-state index contributed by atoms with van der Waals surface area (Å²) in [5.74, 6) is 1.46. The van der Waals surface area contributed by atoms with E-state index >= 15 is 0 Å². The van der Waals surface area contributed by atoms with Crippen molar-refractivity contribution in [1.29, 1.82) is 0 Å². The van der Waals surface area contributed by atoms with E-state index in [1.165, 1.54) is 5.56 Å². The maximum absolute atomic E-state index is 14.3. The third-order valence-corrected chi connectivity index (χ3v) is 4.70. The van der Waals surface area contributed by atoms with Gasteiger partial charge in [-0.3, -0.25) is 4.90 Å². The number of aromatic nitrogens is 2. The van der Waals surface area contributed by atoms with Crippen molar-refractivity contribution in [2.24, 2.45) is 0 Å². The molecule has 0 bridgehead atoms. The second-order valence-corrected chi connectivity index (χ2v) is 6.61. The van der Waals surface area contributed by atoms with Crippen LogP contribution in [-0.2, 0) is 17.9 Å². The summed E-state index contributed by atoms with van der Waals surface area (Å²) >= 11 is 0. The van der Waals surface area contributed by atoms with Crippen LogP contribution in [0.4, 0.5) is 4.39 Å². The van der Waals surface area contributed by atoms with Gasteiger partial charge in [0, 0.05) is 25.7 Å². The molecule has 2 aromatic carbocycles. The van der Waals surface area contributed by atoms with Crippen LogP contribution in [-0.4, -0.2) is 47.3 Å². The molecule has 1 saturated heterocycles. The SMILES string of the molecule is COc1ccc2nc(COC3CN(Cc4ccccc4)CC3F)[nH]c2c1. The molecule has 3 aromatic rings. The van der Waals surface area contributed by atoms with E-state index in [1.54, 1.807) is 7.11 Å². The van der Waals surface area contributed by atoms with Gasteiger partial charge in [-0.25, -0.2) is 9.37 Å². The molecule has 26 heavy (non-hydrogen) atoms. The van der Waals surface area contributed by atoms with E-state index in [0.717, 1.165) is 23.3 Å². The number of alkyl halides is 1. The highest BCUT2D eigenvalue weighted by Crippen LogP contribution is 2.22. The minimum Gasteiger partial charge on any atom is -0.497 e. The number of methoxy groups -OCH3 is 1. The first kappa shape index (κ1) is 17.0. The molecule has 0 spiro atoms. The van der Waals surface area contributed by atoms with E-state index in [9.17, 15) is 4.39 Å². The van der Waals surface area contributed by atoms with E-state index in [0.29, 0.717) is 18.9 Å². The number of likely N-dealkylation sites (tertiary alicyclic amines) is 1. The lowest BCUT2D eigenvalue weighted by Gasteiger charge is -2.15. The molecular formula is C20H22FN3O2. The Morgan fingerprint density at radius 2 is 2.04 bits per heavy atom. The topological polar surface area (TPSA) is 50.4 Å². The van der Waals surface area contributed by atoms with Crippen molar-refractivity contribution in [3.05, 3.63) is 59.9 Å². The largest absolute Gasteiger partial charge is 0.497 e. The first-order valence-corrected chi connectivity index (χ1v) is 8.76. The predicted molar refractivity (Wildman–Crippen MR) is 97.8 cm³/mol. The van der Waals surface area contributed by atoms with Crippen molar-refractivity contribution >= 4 is 11.0 Å². The Labute approximate surface area is 151 Å². The third-order valence-electron chi connectivity index (χ3n) is 4.70. The second kappa shape index (κ2) is 7.43. The molecule has 4 rings (SSSR count). The number of halogens is 1. The van der Waals surface area contributed by atoms with Gasteiger partial charge in [0.05, 0.1) is 18.1 Å². The Bertz CT molecular complexity index is 868. The molecule has 0 saturated carbocycles. The van der Waals surface area contributed by atoms with E-state index in [2.05, 4.69) is 27.0 Å². The van der Waals surface area contributed by atoms with Gasteiger partial charge >= 0.3 is 0 Å². The standard InChI is InChI=1S/C20H22FN3O2/c1-25-15-7-8-17-18(9-15)23-20(22-17)13-26-19-12-24(11-16(19)21)10-14-5-3-2-4-6-14/h2-9,16,19H,10-13H2,1H3,(H,22,23). The van der Waals surface area contributed by atoms with Gasteiger partial charge in [0.15, 0.2) is 0 Å². The van der Waals surface area contributed by atoms with Gasteiger partial charge in [0.1, 0.15) is 30.5 Å². The van der Waals surface area contributed by atoms with Gasteiger partial charge in [0.2, 0.25) is 0 Å². The molecule has 1 N–H and O–H groups in total. The van der Waals surface area contributed by atoms with Crippen LogP contribution in [0.3, 0.4) is 0 Å². The van der Waals surface area contributed by atoms with Crippen LogP contribution < -0.4 is 4.74 Å². The van der Waals surface area contributed by atoms with Crippen molar-refractivity contribution in [3.8, 4) is 5.75 Å². The summed E-state index contributed by atoms with van der Waals surface area (Å²) < 4.78 is 25.4. The molecule has 6 heteroatoms. The average molecular weight is 355 g/mol. The fourth-order valence-corrected chi connectivity index (χ4v) is 3.36. The fourth-order valence-electron chi connectivity index (χ4n) is 3.36. The summed E-state index contributed by atoms with van der Waals surface area (Å²) in [6.07, 6.45) is -1.41. The van der Waals surface area contributed by atoms with Crippen molar-refractivity contribution in [2.75, 3.05) is 20.2 Å². The molecule has 2 atom stereocenters. The summed E-state index contributed by atoms with van der Waals surface area (Å²) in [6.45, 7) is 1.99. The molecule has 1 aliphatic heterocycles. The summed E-state index contributed by atoms with van der Waals surface area (Å²) in [5, 5.41) is 0. The van der Waals surface area contributed by atoms with Gasteiger partial charge in [0.25, 0.3) is 0 Å². The Hall–Kier alpha value is -2.44. The predicted octanol–water partition coefficient (Wildman–Crippen LogP) is 3.31. The lowest BCUT2D eigenvalue weighted by molar-refractivity contribution is 0.00864. The van der Waals surface area contributed by atoms with Crippen LogP contribution in [0.2, 0.25) is 0 Å². The smallest absolute Gasteiger partial charge is 0.140 e. The monoisotopic (exact) mass is 355 g/mol. The van der Waals surface area contributed by atoms with Crippen LogP contribution in [0.25, 0.3) is 11.0 Å². The summed E-state index contributed by atoms with van der Waals surface area (Å²) in [5.41, 5.74) is 2.92. The number of benzene rings is 2. The molecule has 0 amide bonds. The number of hydrogen-bond donors (Lipinski definition) is 1. The normalized spacial score (nSPS) is 20.7. The molecule has 1 aliphatic rings. The average Bonchev–Trinajstić information content (AvgIpc) is 3.22. The zero-order valence-electron chi connectivity index (χ0n) is 14.7. The van der Waals surface area contributed by atoms with Crippen molar-refractivity contribution in [1.82, 2.24) is 14.9 Å². The number of imidazole rings is 1. The number of H-pyrrole nitrogens is 1. The first-order chi connectivity index (χ1) is 12.7. The van der Waals surface area contributed by atoms with Crippen LogP contribution in [0.15, 0.2) is 48.5 Å². The van der Waals surface area contributed by atoms with Gasteiger partial charge in [-0.1, -0.05) is 30.3 Å². The molecule has 1 fully saturated rings. The quantitative estimate of drug-likeness (QED) is 0.737. The van der Waals surface area contributed by atoms with Gasteiger partial charge in [-0.05, 0) is 17.7 Å². The number of aromatic amines is 1.